The van der Waals surface area contributed by atoms with Gasteiger partial charge >= 0.3 is 0 Å². The van der Waals surface area contributed by atoms with Gasteiger partial charge < -0.3 is 19.9 Å². The summed E-state index contributed by atoms with van der Waals surface area (Å²) in [6.07, 6.45) is 2.67. The summed E-state index contributed by atoms with van der Waals surface area (Å²) < 4.78 is 11.6. The van der Waals surface area contributed by atoms with Crippen LogP contribution in [0.4, 0.5) is 0 Å². The SMILES string of the molecule is CCCCOCCOCC(O)CNCCc1ccc(Cl)s1. The highest BCUT2D eigenvalue weighted by molar-refractivity contribution is 7.16. The Labute approximate surface area is 136 Å². The minimum Gasteiger partial charge on any atom is -0.389 e. The molecule has 1 heterocycles. The molecule has 0 aliphatic heterocycles. The van der Waals surface area contributed by atoms with Gasteiger partial charge in [0.25, 0.3) is 0 Å². The Balaban J connectivity index is 1.88. The van der Waals surface area contributed by atoms with Crippen LogP contribution in [-0.4, -0.2) is 50.7 Å². The van der Waals surface area contributed by atoms with Crippen molar-refractivity contribution in [2.24, 2.45) is 0 Å². The Morgan fingerprint density at radius 1 is 1.29 bits per heavy atom. The zero-order chi connectivity index (χ0) is 15.3. The largest absolute Gasteiger partial charge is 0.389 e. The van der Waals surface area contributed by atoms with Gasteiger partial charge in [-0.2, -0.15) is 0 Å². The van der Waals surface area contributed by atoms with Crippen LogP contribution in [0.1, 0.15) is 24.6 Å². The molecule has 0 amide bonds. The lowest BCUT2D eigenvalue weighted by atomic mass is 10.3. The van der Waals surface area contributed by atoms with Crippen molar-refractivity contribution in [3.63, 3.8) is 0 Å². The second-order valence-electron chi connectivity index (χ2n) is 4.85. The summed E-state index contributed by atoms with van der Waals surface area (Å²) in [6.45, 7) is 5.76. The van der Waals surface area contributed by atoms with E-state index in [2.05, 4.69) is 12.2 Å². The van der Waals surface area contributed by atoms with Crippen LogP contribution >= 0.6 is 22.9 Å². The molecule has 21 heavy (non-hydrogen) atoms. The first-order chi connectivity index (χ1) is 10.2. The van der Waals surface area contributed by atoms with E-state index in [-0.39, 0.29) is 0 Å². The van der Waals surface area contributed by atoms with Crippen LogP contribution in [0.15, 0.2) is 12.1 Å². The standard InChI is InChI=1S/C15H26ClNO3S/c1-2-3-8-19-9-10-20-12-13(18)11-17-7-6-14-4-5-15(16)21-14/h4-5,13,17-18H,2-3,6-12H2,1H3. The fraction of sp³-hybridized carbons (Fsp3) is 0.733. The number of ether oxygens (including phenoxy) is 2. The molecule has 0 saturated heterocycles. The highest BCUT2D eigenvalue weighted by Crippen LogP contribution is 2.21. The van der Waals surface area contributed by atoms with E-state index < -0.39 is 6.10 Å². The van der Waals surface area contributed by atoms with E-state index in [1.165, 1.54) is 4.88 Å². The molecule has 1 unspecified atom stereocenters. The van der Waals surface area contributed by atoms with Gasteiger partial charge in [0.1, 0.15) is 0 Å². The van der Waals surface area contributed by atoms with E-state index in [4.69, 9.17) is 21.1 Å². The highest BCUT2D eigenvalue weighted by Gasteiger charge is 2.04. The quantitative estimate of drug-likeness (QED) is 0.544. The molecule has 122 valence electrons. The average molecular weight is 336 g/mol. The van der Waals surface area contributed by atoms with Crippen LogP contribution in [0.3, 0.4) is 0 Å². The summed E-state index contributed by atoms with van der Waals surface area (Å²) in [5.41, 5.74) is 0. The third-order valence-corrected chi connectivity index (χ3v) is 4.17. The summed E-state index contributed by atoms with van der Waals surface area (Å²) >= 11 is 7.46. The monoisotopic (exact) mass is 335 g/mol. The Kier molecular flexibility index (Phi) is 11.1. The summed E-state index contributed by atoms with van der Waals surface area (Å²) in [5, 5.41) is 13.0. The van der Waals surface area contributed by atoms with Crippen molar-refractivity contribution in [3.8, 4) is 0 Å². The molecular formula is C15H26ClNO3S. The predicted molar refractivity (Wildman–Crippen MR) is 88.5 cm³/mol. The second kappa shape index (κ2) is 12.4. The summed E-state index contributed by atoms with van der Waals surface area (Å²) in [4.78, 5) is 1.25. The van der Waals surface area contributed by atoms with Gasteiger partial charge in [-0.15, -0.1) is 11.3 Å². The molecule has 1 rings (SSSR count). The second-order valence-corrected chi connectivity index (χ2v) is 6.65. The molecule has 0 bridgehead atoms. The third kappa shape index (κ3) is 10.2. The molecule has 0 saturated carbocycles. The van der Waals surface area contributed by atoms with Crippen molar-refractivity contribution in [2.45, 2.75) is 32.3 Å². The lowest BCUT2D eigenvalue weighted by Crippen LogP contribution is -2.32. The van der Waals surface area contributed by atoms with Crippen molar-refractivity contribution in [3.05, 3.63) is 21.3 Å². The molecule has 0 aliphatic carbocycles. The van der Waals surface area contributed by atoms with Gasteiger partial charge in [-0.25, -0.2) is 0 Å². The molecule has 4 nitrogen and oxygen atoms in total. The lowest BCUT2D eigenvalue weighted by molar-refractivity contribution is 0.00401. The van der Waals surface area contributed by atoms with Crippen LogP contribution < -0.4 is 5.32 Å². The van der Waals surface area contributed by atoms with Gasteiger partial charge in [-0.1, -0.05) is 24.9 Å². The minimum atomic E-state index is -0.479. The molecule has 0 radical (unpaired) electrons. The van der Waals surface area contributed by atoms with E-state index in [9.17, 15) is 5.11 Å². The number of aliphatic hydroxyl groups excluding tert-OH is 1. The summed E-state index contributed by atoms with van der Waals surface area (Å²) in [7, 11) is 0. The first-order valence-corrected chi connectivity index (χ1v) is 8.70. The molecule has 1 aromatic rings. The number of thiophene rings is 1. The average Bonchev–Trinajstić information content (AvgIpc) is 2.88. The Morgan fingerprint density at radius 2 is 2.10 bits per heavy atom. The number of aliphatic hydroxyl groups is 1. The Bertz CT molecular complexity index is 362. The van der Waals surface area contributed by atoms with Gasteiger partial charge in [0.05, 0.1) is 30.3 Å². The zero-order valence-electron chi connectivity index (χ0n) is 12.6. The number of unbranched alkanes of at least 4 members (excludes halogenated alkanes) is 1. The maximum absolute atomic E-state index is 9.74. The van der Waals surface area contributed by atoms with Crippen LogP contribution in [0, 0.1) is 0 Å². The maximum Gasteiger partial charge on any atom is 0.0931 e. The van der Waals surface area contributed by atoms with Gasteiger partial charge in [0.15, 0.2) is 0 Å². The predicted octanol–water partition coefficient (Wildman–Crippen LogP) is 2.73. The van der Waals surface area contributed by atoms with E-state index >= 15 is 0 Å². The first-order valence-electron chi connectivity index (χ1n) is 7.51. The Hall–Kier alpha value is -0.170. The van der Waals surface area contributed by atoms with Gasteiger partial charge in [-0.05, 0) is 25.0 Å². The molecule has 0 spiro atoms. The fourth-order valence-corrected chi connectivity index (χ4v) is 2.80. The smallest absolute Gasteiger partial charge is 0.0931 e. The van der Waals surface area contributed by atoms with Crippen LogP contribution in [0.2, 0.25) is 4.34 Å². The van der Waals surface area contributed by atoms with E-state index in [1.54, 1.807) is 11.3 Å². The molecule has 6 heteroatoms. The number of hydrogen-bond donors (Lipinski definition) is 2. The first kappa shape index (κ1) is 18.9. The third-order valence-electron chi connectivity index (χ3n) is 2.88. The summed E-state index contributed by atoms with van der Waals surface area (Å²) in [6, 6.07) is 3.94. The van der Waals surface area contributed by atoms with E-state index in [0.717, 1.165) is 36.8 Å². The van der Waals surface area contributed by atoms with Crippen molar-refractivity contribution in [1.29, 1.82) is 0 Å². The molecule has 2 N–H and O–H groups in total. The van der Waals surface area contributed by atoms with Crippen LogP contribution in [-0.2, 0) is 15.9 Å². The van der Waals surface area contributed by atoms with E-state index in [1.807, 2.05) is 12.1 Å². The Morgan fingerprint density at radius 3 is 2.81 bits per heavy atom. The van der Waals surface area contributed by atoms with Crippen molar-refractivity contribution >= 4 is 22.9 Å². The maximum atomic E-state index is 9.74. The zero-order valence-corrected chi connectivity index (χ0v) is 14.2. The summed E-state index contributed by atoms with van der Waals surface area (Å²) in [5.74, 6) is 0. The highest BCUT2D eigenvalue weighted by atomic mass is 35.5. The molecule has 0 fully saturated rings. The molecule has 1 aromatic heterocycles. The number of halogens is 1. The molecular weight excluding hydrogens is 310 g/mol. The number of rotatable bonds is 13. The minimum absolute atomic E-state index is 0.342. The van der Waals surface area contributed by atoms with Crippen molar-refractivity contribution in [1.82, 2.24) is 5.32 Å². The van der Waals surface area contributed by atoms with Crippen LogP contribution in [0.25, 0.3) is 0 Å². The molecule has 1 atom stereocenters. The topological polar surface area (TPSA) is 50.7 Å². The van der Waals surface area contributed by atoms with Crippen molar-refractivity contribution < 1.29 is 14.6 Å². The molecule has 0 aromatic carbocycles. The lowest BCUT2D eigenvalue weighted by Gasteiger charge is -2.12. The molecule has 0 aliphatic rings. The number of nitrogens with one attached hydrogen (secondary N) is 1. The normalized spacial score (nSPS) is 12.7. The fourth-order valence-electron chi connectivity index (χ4n) is 1.71. The van der Waals surface area contributed by atoms with Gasteiger partial charge in [0.2, 0.25) is 0 Å². The van der Waals surface area contributed by atoms with E-state index in [0.29, 0.717) is 26.4 Å². The van der Waals surface area contributed by atoms with Crippen LogP contribution in [0.5, 0.6) is 0 Å². The van der Waals surface area contributed by atoms with Gasteiger partial charge in [-0.3, -0.25) is 0 Å². The number of hydrogen-bond acceptors (Lipinski definition) is 5. The van der Waals surface area contributed by atoms with Gasteiger partial charge in [0, 0.05) is 24.6 Å². The van der Waals surface area contributed by atoms with Crippen molar-refractivity contribution in [2.75, 3.05) is 39.5 Å².